The Kier molecular flexibility index (Phi) is 11.0. The highest BCUT2D eigenvalue weighted by Gasteiger charge is 2.19. The first-order chi connectivity index (χ1) is 8.98. The minimum atomic E-state index is -0.251. The van der Waals surface area contributed by atoms with Crippen LogP contribution in [0.5, 0.6) is 0 Å². The number of amides is 1. The molecule has 2 nitrogen and oxygen atoms in total. The van der Waals surface area contributed by atoms with Gasteiger partial charge in [-0.25, -0.2) is 0 Å². The maximum Gasteiger partial charge on any atom is 0.225 e. The third-order valence-corrected chi connectivity index (χ3v) is 3.50. The average molecular weight is 269 g/mol. The SMILES string of the molecule is CCCCCCCCCCCCNC(=O)C(C)(C)C. The molecule has 19 heavy (non-hydrogen) atoms. The summed E-state index contributed by atoms with van der Waals surface area (Å²) >= 11 is 0. The van der Waals surface area contributed by atoms with Gasteiger partial charge >= 0.3 is 0 Å². The summed E-state index contributed by atoms with van der Waals surface area (Å²) in [7, 11) is 0. The first-order valence-corrected chi connectivity index (χ1v) is 8.26. The van der Waals surface area contributed by atoms with Gasteiger partial charge < -0.3 is 5.32 Å². The molecule has 0 unspecified atom stereocenters. The summed E-state index contributed by atoms with van der Waals surface area (Å²) in [5.74, 6) is 0.170. The maximum absolute atomic E-state index is 11.6. The van der Waals surface area contributed by atoms with E-state index >= 15 is 0 Å². The zero-order valence-electron chi connectivity index (χ0n) is 13.7. The van der Waals surface area contributed by atoms with Crippen molar-refractivity contribution >= 4 is 5.91 Å². The molecular formula is C17H35NO. The molecule has 0 aliphatic rings. The third kappa shape index (κ3) is 12.3. The lowest BCUT2D eigenvalue weighted by Crippen LogP contribution is -2.35. The summed E-state index contributed by atoms with van der Waals surface area (Å²) in [6.07, 6.45) is 13.4. The molecule has 0 atom stereocenters. The van der Waals surface area contributed by atoms with E-state index in [1.807, 2.05) is 20.8 Å². The monoisotopic (exact) mass is 269 g/mol. The molecule has 1 N–H and O–H groups in total. The second-order valence-corrected chi connectivity index (χ2v) is 6.69. The van der Waals surface area contributed by atoms with E-state index in [2.05, 4.69) is 12.2 Å². The molecule has 0 spiro atoms. The van der Waals surface area contributed by atoms with E-state index in [4.69, 9.17) is 0 Å². The van der Waals surface area contributed by atoms with Crippen molar-refractivity contribution in [1.82, 2.24) is 5.32 Å². The summed E-state index contributed by atoms with van der Waals surface area (Å²) in [4.78, 5) is 11.6. The minimum Gasteiger partial charge on any atom is -0.356 e. The molecule has 0 heterocycles. The number of unbranched alkanes of at least 4 members (excludes halogenated alkanes) is 9. The highest BCUT2D eigenvalue weighted by molar-refractivity contribution is 5.81. The second kappa shape index (κ2) is 11.3. The standard InChI is InChI=1S/C17H35NO/c1-5-6-7-8-9-10-11-12-13-14-15-18-16(19)17(2,3)4/h5-15H2,1-4H3,(H,18,19). The molecule has 0 aliphatic heterocycles. The van der Waals surface area contributed by atoms with Crippen LogP contribution in [0.4, 0.5) is 0 Å². The van der Waals surface area contributed by atoms with Crippen molar-refractivity contribution in [3.8, 4) is 0 Å². The predicted molar refractivity (Wildman–Crippen MR) is 84.3 cm³/mol. The summed E-state index contributed by atoms with van der Waals surface area (Å²) in [5, 5.41) is 3.01. The van der Waals surface area contributed by atoms with E-state index in [0.29, 0.717) is 0 Å². The first-order valence-electron chi connectivity index (χ1n) is 8.26. The van der Waals surface area contributed by atoms with Gasteiger partial charge in [-0.3, -0.25) is 4.79 Å². The Bertz CT molecular complexity index is 218. The molecule has 0 aliphatic carbocycles. The number of nitrogens with one attached hydrogen (secondary N) is 1. The molecule has 0 bridgehead atoms. The molecule has 0 aromatic rings. The van der Waals surface area contributed by atoms with Crippen LogP contribution in [0.2, 0.25) is 0 Å². The van der Waals surface area contributed by atoms with Crippen LogP contribution in [0.1, 0.15) is 91.9 Å². The molecule has 0 aromatic heterocycles. The van der Waals surface area contributed by atoms with Crippen LogP contribution in [0.3, 0.4) is 0 Å². The predicted octanol–water partition coefficient (Wildman–Crippen LogP) is 5.07. The molecule has 0 fully saturated rings. The van der Waals surface area contributed by atoms with Crippen molar-refractivity contribution < 1.29 is 4.79 Å². The highest BCUT2D eigenvalue weighted by Crippen LogP contribution is 2.13. The van der Waals surface area contributed by atoms with Gasteiger partial charge in [0.05, 0.1) is 0 Å². The Labute approximate surface area is 120 Å². The Morgan fingerprint density at radius 2 is 1.21 bits per heavy atom. The van der Waals surface area contributed by atoms with Crippen molar-refractivity contribution in [1.29, 1.82) is 0 Å². The molecule has 0 saturated carbocycles. The van der Waals surface area contributed by atoms with Crippen molar-refractivity contribution in [3.05, 3.63) is 0 Å². The number of carbonyl (C=O) groups excluding carboxylic acids is 1. The Morgan fingerprint density at radius 3 is 1.63 bits per heavy atom. The molecule has 114 valence electrons. The summed E-state index contributed by atoms with van der Waals surface area (Å²) in [6, 6.07) is 0. The summed E-state index contributed by atoms with van der Waals surface area (Å²) < 4.78 is 0. The van der Waals surface area contributed by atoms with Crippen molar-refractivity contribution in [3.63, 3.8) is 0 Å². The lowest BCUT2D eigenvalue weighted by Gasteiger charge is -2.17. The Balaban J connectivity index is 3.17. The van der Waals surface area contributed by atoms with E-state index in [1.165, 1.54) is 57.8 Å². The van der Waals surface area contributed by atoms with Gasteiger partial charge in [0, 0.05) is 12.0 Å². The number of carbonyl (C=O) groups is 1. The van der Waals surface area contributed by atoms with Gasteiger partial charge in [0.2, 0.25) is 5.91 Å². The van der Waals surface area contributed by atoms with Crippen LogP contribution >= 0.6 is 0 Å². The third-order valence-electron chi connectivity index (χ3n) is 3.50. The molecule has 0 aromatic carbocycles. The number of hydrogen-bond acceptors (Lipinski definition) is 1. The fraction of sp³-hybridized carbons (Fsp3) is 0.941. The van der Waals surface area contributed by atoms with Crippen LogP contribution in [-0.4, -0.2) is 12.5 Å². The van der Waals surface area contributed by atoms with Crippen molar-refractivity contribution in [2.24, 2.45) is 5.41 Å². The van der Waals surface area contributed by atoms with Crippen molar-refractivity contribution in [2.45, 2.75) is 91.9 Å². The highest BCUT2D eigenvalue weighted by atomic mass is 16.2. The van der Waals surface area contributed by atoms with E-state index < -0.39 is 0 Å². The number of hydrogen-bond donors (Lipinski definition) is 1. The van der Waals surface area contributed by atoms with Gasteiger partial charge in [0.1, 0.15) is 0 Å². The first kappa shape index (κ1) is 18.5. The van der Waals surface area contributed by atoms with Gasteiger partial charge in [-0.05, 0) is 6.42 Å². The van der Waals surface area contributed by atoms with Crippen molar-refractivity contribution in [2.75, 3.05) is 6.54 Å². The maximum atomic E-state index is 11.6. The van der Waals surface area contributed by atoms with Crippen LogP contribution < -0.4 is 5.32 Å². The minimum absolute atomic E-state index is 0.170. The van der Waals surface area contributed by atoms with Gasteiger partial charge in [-0.1, -0.05) is 85.5 Å². The zero-order valence-corrected chi connectivity index (χ0v) is 13.7. The fourth-order valence-electron chi connectivity index (χ4n) is 2.08. The summed E-state index contributed by atoms with van der Waals surface area (Å²) in [6.45, 7) is 8.98. The smallest absolute Gasteiger partial charge is 0.225 e. The topological polar surface area (TPSA) is 29.1 Å². The van der Waals surface area contributed by atoms with Gasteiger partial charge in [-0.15, -0.1) is 0 Å². The molecule has 0 radical (unpaired) electrons. The van der Waals surface area contributed by atoms with E-state index in [9.17, 15) is 4.79 Å². The van der Waals surface area contributed by atoms with Crippen LogP contribution in [0.15, 0.2) is 0 Å². The molecular weight excluding hydrogens is 234 g/mol. The Morgan fingerprint density at radius 1 is 0.789 bits per heavy atom. The number of rotatable bonds is 11. The fourth-order valence-corrected chi connectivity index (χ4v) is 2.08. The van der Waals surface area contributed by atoms with Gasteiger partial charge in [0.25, 0.3) is 0 Å². The molecule has 0 saturated heterocycles. The van der Waals surface area contributed by atoms with E-state index in [0.717, 1.165) is 13.0 Å². The van der Waals surface area contributed by atoms with Crippen LogP contribution in [0, 0.1) is 5.41 Å². The van der Waals surface area contributed by atoms with E-state index in [1.54, 1.807) is 0 Å². The molecule has 1 amide bonds. The molecule has 0 rings (SSSR count). The molecule has 2 heteroatoms. The largest absolute Gasteiger partial charge is 0.356 e. The van der Waals surface area contributed by atoms with Gasteiger partial charge in [0.15, 0.2) is 0 Å². The second-order valence-electron chi connectivity index (χ2n) is 6.69. The van der Waals surface area contributed by atoms with E-state index in [-0.39, 0.29) is 11.3 Å². The van der Waals surface area contributed by atoms with Crippen LogP contribution in [-0.2, 0) is 4.79 Å². The van der Waals surface area contributed by atoms with Crippen LogP contribution in [0.25, 0.3) is 0 Å². The quantitative estimate of drug-likeness (QED) is 0.521. The summed E-state index contributed by atoms with van der Waals surface area (Å²) in [5.41, 5.74) is -0.251. The zero-order chi connectivity index (χ0) is 14.6. The van der Waals surface area contributed by atoms with Gasteiger partial charge in [-0.2, -0.15) is 0 Å². The normalized spacial score (nSPS) is 11.6. The lowest BCUT2D eigenvalue weighted by molar-refractivity contribution is -0.128. The lowest BCUT2D eigenvalue weighted by atomic mass is 9.96. The Hall–Kier alpha value is -0.530. The average Bonchev–Trinajstić information content (AvgIpc) is 2.34.